The van der Waals surface area contributed by atoms with Gasteiger partial charge in [0.15, 0.2) is 0 Å². The van der Waals surface area contributed by atoms with Crippen LogP contribution in [0.15, 0.2) is 0 Å². The lowest BCUT2D eigenvalue weighted by atomic mass is 10.1. The van der Waals surface area contributed by atoms with Crippen molar-refractivity contribution >= 4 is 0 Å². The highest BCUT2D eigenvalue weighted by Crippen LogP contribution is 2.10. The highest BCUT2D eigenvalue weighted by atomic mass is 15.0. The minimum absolute atomic E-state index is 0.707. The molecule has 0 amide bonds. The molecule has 0 aromatic carbocycles. The summed E-state index contributed by atoms with van der Waals surface area (Å²) in [6, 6.07) is 0. The highest BCUT2D eigenvalue weighted by molar-refractivity contribution is 4.59. The number of rotatable bonds is 31. The molecule has 8 nitrogen and oxygen atoms in total. The second-order valence-electron chi connectivity index (χ2n) is 9.22. The topological polar surface area (TPSA) is 110 Å². The molecule has 206 valence electrons. The first-order valence-electron chi connectivity index (χ1n) is 14.6. The van der Waals surface area contributed by atoms with E-state index < -0.39 is 0 Å². The third kappa shape index (κ3) is 31.7. The van der Waals surface area contributed by atoms with Crippen molar-refractivity contribution in [2.24, 2.45) is 5.73 Å². The molecule has 0 atom stereocenters. The van der Waals surface area contributed by atoms with Gasteiger partial charge in [0.2, 0.25) is 0 Å². The van der Waals surface area contributed by atoms with E-state index in [0.29, 0.717) is 6.54 Å². The van der Waals surface area contributed by atoms with Crippen molar-refractivity contribution in [3.63, 3.8) is 0 Å². The predicted molar refractivity (Wildman–Crippen MR) is 151 cm³/mol. The van der Waals surface area contributed by atoms with Crippen molar-refractivity contribution in [1.82, 2.24) is 37.2 Å². The monoisotopic (exact) mass is 487 g/mol. The summed E-state index contributed by atoms with van der Waals surface area (Å²) >= 11 is 0. The van der Waals surface area contributed by atoms with Crippen molar-refractivity contribution < 1.29 is 0 Å². The molecule has 0 saturated heterocycles. The predicted octanol–water partition coefficient (Wildman–Crippen LogP) is 0.993. The van der Waals surface area contributed by atoms with Crippen LogP contribution in [-0.2, 0) is 0 Å². The van der Waals surface area contributed by atoms with E-state index in [0.717, 1.165) is 85.1 Å². The average molecular weight is 487 g/mol. The Kier molecular flexibility index (Phi) is 32.4. The highest BCUT2D eigenvalue weighted by Gasteiger charge is 1.94. The Balaban J connectivity index is 2.99. The van der Waals surface area contributed by atoms with Crippen molar-refractivity contribution in [2.45, 2.75) is 71.1 Å². The van der Waals surface area contributed by atoms with Gasteiger partial charge in [-0.25, -0.2) is 0 Å². The first kappa shape index (κ1) is 33.7. The first-order chi connectivity index (χ1) is 16.9. The van der Waals surface area contributed by atoms with Crippen molar-refractivity contribution in [2.75, 3.05) is 98.2 Å². The Bertz CT molecular complexity index is 315. The van der Waals surface area contributed by atoms with E-state index >= 15 is 0 Å². The Morgan fingerprint density at radius 1 is 0.324 bits per heavy atom. The molecule has 9 N–H and O–H groups in total. The van der Waals surface area contributed by atoms with Gasteiger partial charge in [0.1, 0.15) is 0 Å². The minimum atomic E-state index is 0.707. The molecular formula is C26H62N8. The summed E-state index contributed by atoms with van der Waals surface area (Å²) in [5.74, 6) is 0. The number of nitrogens with two attached hydrogens (primary N) is 1. The third-order valence-corrected chi connectivity index (χ3v) is 5.90. The molecule has 0 radical (unpaired) electrons. The summed E-state index contributed by atoms with van der Waals surface area (Å²) in [7, 11) is 0. The zero-order valence-electron chi connectivity index (χ0n) is 22.8. The van der Waals surface area contributed by atoms with Gasteiger partial charge >= 0.3 is 0 Å². The summed E-state index contributed by atoms with van der Waals surface area (Å²) in [6.07, 6.45) is 14.1. The van der Waals surface area contributed by atoms with E-state index in [1.165, 1.54) is 70.8 Å². The lowest BCUT2D eigenvalue weighted by Crippen LogP contribution is -2.38. The van der Waals surface area contributed by atoms with E-state index in [1.807, 2.05) is 0 Å². The normalized spacial score (nSPS) is 11.5. The fourth-order valence-corrected chi connectivity index (χ4v) is 3.78. The van der Waals surface area contributed by atoms with Gasteiger partial charge in [-0.2, -0.15) is 0 Å². The van der Waals surface area contributed by atoms with Crippen LogP contribution in [-0.4, -0.2) is 98.2 Å². The van der Waals surface area contributed by atoms with Crippen LogP contribution in [0.2, 0.25) is 0 Å². The number of hydrogen-bond donors (Lipinski definition) is 8. The van der Waals surface area contributed by atoms with Gasteiger partial charge in [-0.3, -0.25) is 0 Å². The summed E-state index contributed by atoms with van der Waals surface area (Å²) in [4.78, 5) is 0. The molecule has 0 spiro atoms. The number of unbranched alkanes of at least 4 members (excludes halogenated alkanes) is 9. The van der Waals surface area contributed by atoms with Crippen molar-refractivity contribution in [3.8, 4) is 0 Å². The number of nitrogens with one attached hydrogen (secondary N) is 7. The fourth-order valence-electron chi connectivity index (χ4n) is 3.78. The van der Waals surface area contributed by atoms with E-state index in [4.69, 9.17) is 5.73 Å². The van der Waals surface area contributed by atoms with Crippen LogP contribution >= 0.6 is 0 Å². The number of hydrogen-bond acceptors (Lipinski definition) is 8. The van der Waals surface area contributed by atoms with Crippen LogP contribution in [0, 0.1) is 0 Å². The van der Waals surface area contributed by atoms with Crippen molar-refractivity contribution in [3.05, 3.63) is 0 Å². The van der Waals surface area contributed by atoms with Crippen LogP contribution in [0.5, 0.6) is 0 Å². The first-order valence-corrected chi connectivity index (χ1v) is 14.6. The molecule has 34 heavy (non-hydrogen) atoms. The SMILES string of the molecule is CCCCCCCCCCCCNCCNCCNCCNCCNCCNCCNCCN. The molecule has 0 unspecified atom stereocenters. The quantitative estimate of drug-likeness (QED) is 0.0686. The van der Waals surface area contributed by atoms with Crippen LogP contribution in [0.4, 0.5) is 0 Å². The van der Waals surface area contributed by atoms with Crippen LogP contribution in [0.25, 0.3) is 0 Å². The molecule has 0 bridgehead atoms. The zero-order chi connectivity index (χ0) is 24.6. The largest absolute Gasteiger partial charge is 0.329 e. The molecule has 0 aromatic heterocycles. The van der Waals surface area contributed by atoms with Gasteiger partial charge in [0.05, 0.1) is 0 Å². The smallest absolute Gasteiger partial charge is 0.00772 e. The molecule has 0 fully saturated rings. The molecule has 0 aliphatic carbocycles. The average Bonchev–Trinajstić information content (AvgIpc) is 2.85. The van der Waals surface area contributed by atoms with Crippen LogP contribution in [0.3, 0.4) is 0 Å². The maximum Gasteiger partial charge on any atom is 0.00772 e. The summed E-state index contributed by atoms with van der Waals surface area (Å²) < 4.78 is 0. The maximum absolute atomic E-state index is 5.43. The van der Waals surface area contributed by atoms with Gasteiger partial charge in [-0.15, -0.1) is 0 Å². The molecule has 0 aliphatic rings. The Morgan fingerprint density at radius 2 is 0.588 bits per heavy atom. The molecule has 0 saturated carbocycles. The molecule has 0 aliphatic heterocycles. The fraction of sp³-hybridized carbons (Fsp3) is 1.00. The molecule has 0 aromatic rings. The molecule has 0 rings (SSSR count). The van der Waals surface area contributed by atoms with Gasteiger partial charge in [0.25, 0.3) is 0 Å². The van der Waals surface area contributed by atoms with Gasteiger partial charge < -0.3 is 43.0 Å². The second-order valence-corrected chi connectivity index (χ2v) is 9.22. The summed E-state index contributed by atoms with van der Waals surface area (Å²) in [5.41, 5.74) is 5.43. The molecule has 8 heteroatoms. The zero-order valence-corrected chi connectivity index (χ0v) is 22.8. The summed E-state index contributed by atoms with van der Waals surface area (Å²) in [5, 5.41) is 24.1. The molecule has 0 heterocycles. The van der Waals surface area contributed by atoms with E-state index in [-0.39, 0.29) is 0 Å². The minimum Gasteiger partial charge on any atom is -0.329 e. The standard InChI is InChI=1S/C26H62N8/c1-2-3-4-5-6-7-8-9-10-11-13-28-15-17-30-19-21-32-23-25-34-26-24-33-22-20-31-18-16-29-14-12-27/h28-34H,2-27H2,1H3. The van der Waals surface area contributed by atoms with Gasteiger partial charge in [0, 0.05) is 91.6 Å². The Labute approximate surface area is 212 Å². The van der Waals surface area contributed by atoms with Gasteiger partial charge in [-0.05, 0) is 13.0 Å². The Morgan fingerprint density at radius 3 is 0.912 bits per heavy atom. The van der Waals surface area contributed by atoms with Crippen molar-refractivity contribution in [1.29, 1.82) is 0 Å². The second kappa shape index (κ2) is 32.7. The lowest BCUT2D eigenvalue weighted by molar-refractivity contribution is 0.532. The lowest BCUT2D eigenvalue weighted by Gasteiger charge is -2.09. The van der Waals surface area contributed by atoms with Crippen LogP contribution < -0.4 is 43.0 Å². The third-order valence-electron chi connectivity index (χ3n) is 5.90. The van der Waals surface area contributed by atoms with Crippen LogP contribution in [0.1, 0.15) is 71.1 Å². The van der Waals surface area contributed by atoms with E-state index in [1.54, 1.807) is 0 Å². The summed E-state index contributed by atoms with van der Waals surface area (Å²) in [6.45, 7) is 17.3. The maximum atomic E-state index is 5.43. The van der Waals surface area contributed by atoms with E-state index in [9.17, 15) is 0 Å². The van der Waals surface area contributed by atoms with Gasteiger partial charge in [-0.1, -0.05) is 64.7 Å². The van der Waals surface area contributed by atoms with E-state index in [2.05, 4.69) is 44.1 Å². The Hall–Kier alpha value is -0.320. The molecular weight excluding hydrogens is 424 g/mol.